The van der Waals surface area contributed by atoms with E-state index in [1.165, 1.54) is 0 Å². The van der Waals surface area contributed by atoms with Crippen LogP contribution in [0.15, 0.2) is 30.3 Å². The smallest absolute Gasteiger partial charge is 0.217 e. The predicted molar refractivity (Wildman–Crippen MR) is 65.0 cm³/mol. The van der Waals surface area contributed by atoms with E-state index in [0.29, 0.717) is 31.4 Å². The summed E-state index contributed by atoms with van der Waals surface area (Å²) in [5.74, 6) is -0.337. The van der Waals surface area contributed by atoms with Crippen LogP contribution in [-0.2, 0) is 9.59 Å². The van der Waals surface area contributed by atoms with Crippen molar-refractivity contribution >= 4 is 11.8 Å². The molecule has 0 heterocycles. The number of phenols is 1. The number of para-hydroxylation sites is 1. The molecule has 0 bridgehead atoms. The molecule has 0 unspecified atom stereocenters. The number of aromatic hydroxyl groups is 1. The van der Waals surface area contributed by atoms with Crippen LogP contribution in [0.25, 0.3) is 0 Å². The maximum absolute atomic E-state index is 10.2. The van der Waals surface area contributed by atoms with Crippen LogP contribution in [0, 0.1) is 0 Å². The number of carbonyl (C=O) groups excluding carboxylic acids is 2. The van der Waals surface area contributed by atoms with Crippen molar-refractivity contribution in [2.75, 3.05) is 0 Å². The van der Waals surface area contributed by atoms with Crippen LogP contribution in [0.5, 0.6) is 5.75 Å². The first-order chi connectivity index (χ1) is 8.02. The van der Waals surface area contributed by atoms with Crippen molar-refractivity contribution in [2.45, 2.75) is 25.7 Å². The third-order valence-corrected chi connectivity index (χ3v) is 1.85. The SMILES string of the molecule is NC(=O)CCCCC(N)=O.Oc1ccccc1. The molecule has 1 rings (SSSR count). The average molecular weight is 238 g/mol. The van der Waals surface area contributed by atoms with E-state index in [2.05, 4.69) is 0 Å². The third kappa shape index (κ3) is 11.9. The van der Waals surface area contributed by atoms with Crippen molar-refractivity contribution in [2.24, 2.45) is 11.5 Å². The summed E-state index contributed by atoms with van der Waals surface area (Å²) < 4.78 is 0. The number of phenolic OH excluding ortho intramolecular Hbond substituents is 1. The summed E-state index contributed by atoms with van der Waals surface area (Å²) in [6, 6.07) is 8.71. The molecule has 0 spiro atoms. The minimum atomic E-state index is -0.329. The van der Waals surface area contributed by atoms with Gasteiger partial charge in [-0.2, -0.15) is 0 Å². The van der Waals surface area contributed by atoms with Gasteiger partial charge >= 0.3 is 0 Å². The molecular formula is C12H18N2O3. The van der Waals surface area contributed by atoms with E-state index in [4.69, 9.17) is 16.6 Å². The maximum Gasteiger partial charge on any atom is 0.217 e. The first kappa shape index (κ1) is 15.0. The van der Waals surface area contributed by atoms with Gasteiger partial charge in [-0.05, 0) is 25.0 Å². The first-order valence-corrected chi connectivity index (χ1v) is 5.33. The van der Waals surface area contributed by atoms with Crippen LogP contribution in [-0.4, -0.2) is 16.9 Å². The van der Waals surface area contributed by atoms with Crippen LogP contribution in [0.1, 0.15) is 25.7 Å². The molecule has 0 fully saturated rings. The molecule has 5 N–H and O–H groups in total. The molecule has 0 saturated carbocycles. The van der Waals surface area contributed by atoms with Crippen LogP contribution >= 0.6 is 0 Å². The molecule has 0 aliphatic heterocycles. The van der Waals surface area contributed by atoms with Crippen molar-refractivity contribution in [3.8, 4) is 5.75 Å². The second-order valence-electron chi connectivity index (χ2n) is 3.48. The summed E-state index contributed by atoms with van der Waals surface area (Å²) >= 11 is 0. The molecule has 0 saturated heterocycles. The van der Waals surface area contributed by atoms with E-state index in [1.807, 2.05) is 6.07 Å². The summed E-state index contributed by atoms with van der Waals surface area (Å²) in [6.07, 6.45) is 1.98. The van der Waals surface area contributed by atoms with Crippen LogP contribution in [0.3, 0.4) is 0 Å². The van der Waals surface area contributed by atoms with Gasteiger partial charge in [0, 0.05) is 12.8 Å². The number of benzene rings is 1. The lowest BCUT2D eigenvalue weighted by Crippen LogP contribution is -2.12. The van der Waals surface area contributed by atoms with Gasteiger partial charge in [-0.3, -0.25) is 9.59 Å². The van der Waals surface area contributed by atoms with E-state index >= 15 is 0 Å². The molecule has 5 nitrogen and oxygen atoms in total. The molecule has 5 heteroatoms. The van der Waals surface area contributed by atoms with E-state index in [-0.39, 0.29) is 11.8 Å². The average Bonchev–Trinajstić information content (AvgIpc) is 2.26. The standard InChI is InChI=1S/C6H12N2O2.C6H6O/c7-5(9)3-1-2-4-6(8)10;7-6-4-2-1-3-5-6/h1-4H2,(H2,7,9)(H2,8,10);1-5,7H. The van der Waals surface area contributed by atoms with Gasteiger partial charge in [0.05, 0.1) is 0 Å². The number of unbranched alkanes of at least 4 members (excludes halogenated alkanes) is 1. The molecule has 0 aliphatic carbocycles. The summed E-state index contributed by atoms with van der Waals surface area (Å²) in [5, 5.41) is 8.63. The second-order valence-corrected chi connectivity index (χ2v) is 3.48. The van der Waals surface area contributed by atoms with Gasteiger partial charge in [-0.15, -0.1) is 0 Å². The van der Waals surface area contributed by atoms with Crippen molar-refractivity contribution < 1.29 is 14.7 Å². The topological polar surface area (TPSA) is 106 Å². The lowest BCUT2D eigenvalue weighted by atomic mass is 10.2. The highest BCUT2D eigenvalue weighted by molar-refractivity contribution is 5.74. The molecule has 1 aromatic rings. The van der Waals surface area contributed by atoms with Gasteiger partial charge in [0.1, 0.15) is 5.75 Å². The summed E-state index contributed by atoms with van der Waals surface area (Å²) in [6.45, 7) is 0. The molecule has 0 aliphatic rings. The molecule has 0 atom stereocenters. The summed E-state index contributed by atoms with van der Waals surface area (Å²) in [7, 11) is 0. The lowest BCUT2D eigenvalue weighted by molar-refractivity contribution is -0.119. The number of amides is 2. The Morgan fingerprint density at radius 1 is 0.941 bits per heavy atom. The van der Waals surface area contributed by atoms with Crippen molar-refractivity contribution in [3.63, 3.8) is 0 Å². The number of carbonyl (C=O) groups is 2. The number of rotatable bonds is 5. The molecule has 0 radical (unpaired) electrons. The molecule has 0 aromatic heterocycles. The van der Waals surface area contributed by atoms with Gasteiger partial charge < -0.3 is 16.6 Å². The summed E-state index contributed by atoms with van der Waals surface area (Å²) in [5.41, 5.74) is 9.71. The highest BCUT2D eigenvalue weighted by atomic mass is 16.3. The lowest BCUT2D eigenvalue weighted by Gasteiger charge is -1.93. The number of hydrogen-bond donors (Lipinski definition) is 3. The van der Waals surface area contributed by atoms with Crippen LogP contribution in [0.2, 0.25) is 0 Å². The Hall–Kier alpha value is -2.04. The van der Waals surface area contributed by atoms with E-state index in [0.717, 1.165) is 0 Å². The first-order valence-electron chi connectivity index (χ1n) is 5.33. The molecular weight excluding hydrogens is 220 g/mol. The minimum absolute atomic E-state index is 0.322. The number of primary amides is 2. The third-order valence-electron chi connectivity index (χ3n) is 1.85. The fraction of sp³-hybridized carbons (Fsp3) is 0.333. The van der Waals surface area contributed by atoms with E-state index in [1.54, 1.807) is 24.3 Å². The number of nitrogens with two attached hydrogens (primary N) is 2. The van der Waals surface area contributed by atoms with Crippen LogP contribution < -0.4 is 11.5 Å². The minimum Gasteiger partial charge on any atom is -0.508 e. The zero-order chi connectivity index (χ0) is 13.1. The largest absolute Gasteiger partial charge is 0.508 e. The van der Waals surface area contributed by atoms with Crippen molar-refractivity contribution in [1.29, 1.82) is 0 Å². The highest BCUT2D eigenvalue weighted by Gasteiger charge is 1.96. The van der Waals surface area contributed by atoms with Gasteiger partial charge in [-0.1, -0.05) is 18.2 Å². The van der Waals surface area contributed by atoms with Crippen molar-refractivity contribution in [3.05, 3.63) is 30.3 Å². The highest BCUT2D eigenvalue weighted by Crippen LogP contribution is 2.02. The van der Waals surface area contributed by atoms with Crippen molar-refractivity contribution in [1.82, 2.24) is 0 Å². The summed E-state index contributed by atoms with van der Waals surface area (Å²) in [4.78, 5) is 20.3. The fourth-order valence-corrected chi connectivity index (χ4v) is 1.03. The Balaban J connectivity index is 0.000000318. The van der Waals surface area contributed by atoms with Gasteiger partial charge in [-0.25, -0.2) is 0 Å². The normalized spacial score (nSPS) is 8.94. The quantitative estimate of drug-likeness (QED) is 0.663. The van der Waals surface area contributed by atoms with Gasteiger partial charge in [0.25, 0.3) is 0 Å². The zero-order valence-corrected chi connectivity index (χ0v) is 9.63. The maximum atomic E-state index is 10.2. The van der Waals surface area contributed by atoms with Crippen LogP contribution in [0.4, 0.5) is 0 Å². The predicted octanol–water partition coefficient (Wildman–Crippen LogP) is 0.910. The second kappa shape index (κ2) is 9.21. The number of hydrogen-bond acceptors (Lipinski definition) is 3. The van der Waals surface area contributed by atoms with Gasteiger partial charge in [0.2, 0.25) is 11.8 Å². The molecule has 1 aromatic carbocycles. The van der Waals surface area contributed by atoms with Gasteiger partial charge in [0.15, 0.2) is 0 Å². The van der Waals surface area contributed by atoms with E-state index in [9.17, 15) is 9.59 Å². The molecule has 17 heavy (non-hydrogen) atoms. The Morgan fingerprint density at radius 2 is 1.35 bits per heavy atom. The Bertz CT molecular complexity index is 323. The Kier molecular flexibility index (Phi) is 8.10. The Morgan fingerprint density at radius 3 is 1.59 bits per heavy atom. The fourth-order valence-electron chi connectivity index (χ4n) is 1.03. The zero-order valence-electron chi connectivity index (χ0n) is 9.63. The molecule has 94 valence electrons. The van der Waals surface area contributed by atoms with E-state index < -0.39 is 0 Å². The molecule has 2 amide bonds. The Labute approximate surface area is 100 Å². The monoisotopic (exact) mass is 238 g/mol.